The number of hydroxylamine groups is 1. The molecule has 0 radical (unpaired) electrons. The number of anilines is 2. The van der Waals surface area contributed by atoms with Crippen molar-refractivity contribution in [2.24, 2.45) is 5.92 Å². The number of imide groups is 1. The number of rotatable bonds is 8. The van der Waals surface area contributed by atoms with Gasteiger partial charge in [0.15, 0.2) is 17.6 Å². The van der Waals surface area contributed by atoms with Crippen LogP contribution in [-0.2, 0) is 21.0 Å². The number of para-hydroxylation sites is 1. The fraction of sp³-hybridized carbons (Fsp3) is 0.212. The lowest BCUT2D eigenvalue weighted by Gasteiger charge is -2.29. The minimum atomic E-state index is -0.942. The Hall–Kier alpha value is -4.62. The number of hydrogen-bond donors (Lipinski definition) is 0. The maximum absolute atomic E-state index is 13.9. The van der Waals surface area contributed by atoms with Crippen molar-refractivity contribution >= 4 is 23.2 Å². The second-order valence-electron chi connectivity index (χ2n) is 9.92. The molecule has 0 aliphatic carbocycles. The van der Waals surface area contributed by atoms with Crippen LogP contribution in [-0.4, -0.2) is 24.5 Å². The number of benzene rings is 4. The Morgan fingerprint density at radius 1 is 0.750 bits per heavy atom. The number of hydrogen-bond acceptors (Lipinski definition) is 6. The lowest BCUT2D eigenvalue weighted by molar-refractivity contribution is -0.126. The van der Waals surface area contributed by atoms with Gasteiger partial charge in [0.2, 0.25) is 5.91 Å². The highest BCUT2D eigenvalue weighted by Gasteiger charge is 2.60. The Morgan fingerprint density at radius 2 is 1.48 bits per heavy atom. The molecule has 2 saturated heterocycles. The number of fused-ring (bicyclic) bond motifs is 1. The predicted octanol–water partition coefficient (Wildman–Crippen LogP) is 6.02. The molecule has 2 heterocycles. The Kier molecular flexibility index (Phi) is 6.97. The van der Waals surface area contributed by atoms with E-state index >= 15 is 0 Å². The largest absolute Gasteiger partial charge is 0.490 e. The summed E-state index contributed by atoms with van der Waals surface area (Å²) in [5, 5.41) is 1.69. The van der Waals surface area contributed by atoms with Crippen LogP contribution in [0.2, 0.25) is 0 Å². The second-order valence-corrected chi connectivity index (χ2v) is 9.92. The van der Waals surface area contributed by atoms with Gasteiger partial charge in [-0.15, -0.1) is 0 Å². The minimum absolute atomic E-state index is 0.286. The third-order valence-electron chi connectivity index (χ3n) is 7.23. The van der Waals surface area contributed by atoms with Crippen LogP contribution in [0.4, 0.5) is 11.4 Å². The van der Waals surface area contributed by atoms with Gasteiger partial charge in [-0.1, -0.05) is 66.7 Å². The van der Waals surface area contributed by atoms with E-state index in [2.05, 4.69) is 0 Å². The van der Waals surface area contributed by atoms with Crippen molar-refractivity contribution in [2.45, 2.75) is 32.6 Å². The molecule has 202 valence electrons. The average molecular weight is 535 g/mol. The summed E-state index contributed by atoms with van der Waals surface area (Å²) in [6, 6.07) is 32.0. The van der Waals surface area contributed by atoms with E-state index in [1.165, 1.54) is 4.90 Å². The van der Waals surface area contributed by atoms with E-state index < -0.39 is 18.1 Å². The Morgan fingerprint density at radius 3 is 2.20 bits per heavy atom. The normalized spacial score (nSPS) is 20.1. The summed E-state index contributed by atoms with van der Waals surface area (Å²) in [5.74, 6) is -0.215. The number of nitrogens with zero attached hydrogens (tertiary/aromatic N) is 2. The molecule has 7 nitrogen and oxygen atoms in total. The molecule has 0 saturated carbocycles. The molecule has 4 aromatic carbocycles. The Bertz CT molecular complexity index is 1520. The molecule has 7 heteroatoms. The monoisotopic (exact) mass is 534 g/mol. The number of carbonyl (C=O) groups excluding carboxylic acids is 2. The first-order valence-corrected chi connectivity index (χ1v) is 13.4. The highest BCUT2D eigenvalue weighted by Crippen LogP contribution is 2.48. The Labute approximate surface area is 233 Å². The molecule has 6 rings (SSSR count). The van der Waals surface area contributed by atoms with Gasteiger partial charge in [-0.05, 0) is 66.9 Å². The van der Waals surface area contributed by atoms with E-state index in [0.29, 0.717) is 30.4 Å². The summed E-state index contributed by atoms with van der Waals surface area (Å²) < 4.78 is 12.1. The molecule has 40 heavy (non-hydrogen) atoms. The van der Waals surface area contributed by atoms with Crippen LogP contribution in [0, 0.1) is 12.8 Å². The van der Waals surface area contributed by atoms with Crippen molar-refractivity contribution in [1.29, 1.82) is 0 Å². The van der Waals surface area contributed by atoms with Gasteiger partial charge >= 0.3 is 0 Å². The number of carbonyl (C=O) groups is 2. The molecule has 4 aromatic rings. The summed E-state index contributed by atoms with van der Waals surface area (Å²) in [5.41, 5.74) is 4.11. The minimum Gasteiger partial charge on any atom is -0.490 e. The van der Waals surface area contributed by atoms with Crippen molar-refractivity contribution in [1.82, 2.24) is 0 Å². The summed E-state index contributed by atoms with van der Waals surface area (Å²) >= 11 is 0. The van der Waals surface area contributed by atoms with Crippen molar-refractivity contribution < 1.29 is 23.9 Å². The molecule has 2 fully saturated rings. The zero-order chi connectivity index (χ0) is 27.6. The van der Waals surface area contributed by atoms with Gasteiger partial charge in [-0.25, -0.2) is 9.96 Å². The maximum atomic E-state index is 13.9. The van der Waals surface area contributed by atoms with Crippen molar-refractivity contribution in [3.05, 3.63) is 120 Å². The molecule has 2 aliphatic rings. The highest BCUT2D eigenvalue weighted by molar-refractivity contribution is 6.24. The van der Waals surface area contributed by atoms with Gasteiger partial charge in [-0.3, -0.25) is 14.4 Å². The van der Waals surface area contributed by atoms with Gasteiger partial charge in [0.05, 0.1) is 24.0 Å². The molecule has 0 unspecified atom stereocenters. The third kappa shape index (κ3) is 4.69. The Balaban J connectivity index is 1.38. The molecule has 2 amide bonds. The van der Waals surface area contributed by atoms with E-state index in [1.54, 1.807) is 11.1 Å². The molecular formula is C33H30N2O5. The first-order chi connectivity index (χ1) is 19.5. The van der Waals surface area contributed by atoms with Crippen LogP contribution in [0.15, 0.2) is 103 Å². The third-order valence-corrected chi connectivity index (χ3v) is 7.23. The van der Waals surface area contributed by atoms with E-state index in [4.69, 9.17) is 14.3 Å². The molecule has 3 atom stereocenters. The van der Waals surface area contributed by atoms with Crippen LogP contribution in [0.5, 0.6) is 11.5 Å². The van der Waals surface area contributed by atoms with E-state index in [1.807, 2.05) is 111 Å². The molecular weight excluding hydrogens is 504 g/mol. The standard InChI is InChI=1S/C33H30N2O5/c1-3-38-28-20-24(17-18-27(28)39-21-23-12-6-4-7-13-23)30-29-31(40-35(30)25-14-8-5-9-15-25)33(37)34(32(29)36)26-16-10-11-22(2)19-26/h4-20,29-31H,3,21H2,1-2H3/t29-,30+,31-/m1/s1. The fourth-order valence-electron chi connectivity index (χ4n) is 5.41. The molecule has 2 aliphatic heterocycles. The van der Waals surface area contributed by atoms with Gasteiger partial charge in [0.25, 0.3) is 5.91 Å². The molecule has 0 N–H and O–H groups in total. The summed E-state index contributed by atoms with van der Waals surface area (Å²) in [4.78, 5) is 35.1. The molecule has 0 spiro atoms. The van der Waals surface area contributed by atoms with E-state index in [-0.39, 0.29) is 11.8 Å². The SMILES string of the molecule is CCOc1cc([C@H]2[C@H]3C(=O)N(c4cccc(C)c4)C(=O)[C@@H]3ON2c2ccccc2)ccc1OCc1ccccc1. The number of ether oxygens (including phenoxy) is 2. The van der Waals surface area contributed by atoms with Crippen LogP contribution >= 0.6 is 0 Å². The van der Waals surface area contributed by atoms with Gasteiger partial charge < -0.3 is 9.47 Å². The zero-order valence-corrected chi connectivity index (χ0v) is 22.4. The van der Waals surface area contributed by atoms with Crippen LogP contribution in [0.3, 0.4) is 0 Å². The number of amides is 2. The summed E-state index contributed by atoms with van der Waals surface area (Å²) in [7, 11) is 0. The predicted molar refractivity (Wildman–Crippen MR) is 152 cm³/mol. The first kappa shape index (κ1) is 25.6. The second kappa shape index (κ2) is 10.9. The van der Waals surface area contributed by atoms with Crippen molar-refractivity contribution in [2.75, 3.05) is 16.6 Å². The van der Waals surface area contributed by atoms with Crippen LogP contribution in [0.1, 0.15) is 29.7 Å². The van der Waals surface area contributed by atoms with Crippen LogP contribution in [0.25, 0.3) is 0 Å². The summed E-state index contributed by atoms with van der Waals surface area (Å²) in [6.45, 7) is 4.69. The van der Waals surface area contributed by atoms with E-state index in [9.17, 15) is 9.59 Å². The smallest absolute Gasteiger partial charge is 0.266 e. The zero-order valence-electron chi connectivity index (χ0n) is 22.4. The van der Waals surface area contributed by atoms with Crippen molar-refractivity contribution in [3.63, 3.8) is 0 Å². The van der Waals surface area contributed by atoms with Gasteiger partial charge in [0, 0.05) is 0 Å². The number of aryl methyl sites for hydroxylation is 1. The molecule has 0 aromatic heterocycles. The van der Waals surface area contributed by atoms with E-state index in [0.717, 1.165) is 22.4 Å². The average Bonchev–Trinajstić information content (AvgIpc) is 3.49. The lowest BCUT2D eigenvalue weighted by atomic mass is 9.90. The summed E-state index contributed by atoms with van der Waals surface area (Å²) in [6.07, 6.45) is -0.942. The molecule has 0 bridgehead atoms. The maximum Gasteiger partial charge on any atom is 0.266 e. The lowest BCUT2D eigenvalue weighted by Crippen LogP contribution is -2.37. The highest BCUT2D eigenvalue weighted by atomic mass is 16.7. The van der Waals surface area contributed by atoms with Gasteiger partial charge in [-0.2, -0.15) is 0 Å². The first-order valence-electron chi connectivity index (χ1n) is 13.4. The van der Waals surface area contributed by atoms with Gasteiger partial charge in [0.1, 0.15) is 12.5 Å². The fourth-order valence-corrected chi connectivity index (χ4v) is 5.41. The van der Waals surface area contributed by atoms with Crippen LogP contribution < -0.4 is 19.4 Å². The quantitative estimate of drug-likeness (QED) is 0.258. The van der Waals surface area contributed by atoms with Crippen molar-refractivity contribution in [3.8, 4) is 11.5 Å². The topological polar surface area (TPSA) is 68.3 Å².